The molecule has 4 rings (SSSR count). The van der Waals surface area contributed by atoms with E-state index < -0.39 is 5.41 Å². The molecule has 2 atom stereocenters. The molecule has 1 aliphatic heterocycles. The van der Waals surface area contributed by atoms with Crippen LogP contribution in [0.3, 0.4) is 0 Å². The van der Waals surface area contributed by atoms with Crippen molar-refractivity contribution in [3.8, 4) is 5.75 Å². The van der Waals surface area contributed by atoms with Crippen LogP contribution in [-0.4, -0.2) is 37.0 Å². The van der Waals surface area contributed by atoms with Gasteiger partial charge in [-0.05, 0) is 61.4 Å². The molecule has 2 aromatic rings. The van der Waals surface area contributed by atoms with Gasteiger partial charge in [0, 0.05) is 30.9 Å². The average molecular weight is 453 g/mol. The zero-order chi connectivity index (χ0) is 23.3. The topological polar surface area (TPSA) is 41.6 Å². The fraction of sp³-hybridized carbons (Fsp3) is 0.536. The van der Waals surface area contributed by atoms with Gasteiger partial charge in [-0.1, -0.05) is 51.3 Å². The maximum Gasteiger partial charge on any atom is 0.235 e. The van der Waals surface area contributed by atoms with Gasteiger partial charge in [0.05, 0.1) is 5.41 Å². The van der Waals surface area contributed by atoms with Gasteiger partial charge in [0.2, 0.25) is 5.91 Å². The number of carbonyl (C=O) groups excluding carboxylic acids is 1. The molecule has 1 saturated carbocycles. The summed E-state index contributed by atoms with van der Waals surface area (Å²) in [6.45, 7) is 8.51. The van der Waals surface area contributed by atoms with Crippen molar-refractivity contribution in [1.82, 2.24) is 4.90 Å². The Hall–Kier alpha value is -2.40. The van der Waals surface area contributed by atoms with Gasteiger partial charge in [0.15, 0.2) is 0 Å². The van der Waals surface area contributed by atoms with E-state index in [1.165, 1.54) is 12.5 Å². The van der Waals surface area contributed by atoms with Crippen LogP contribution in [0.2, 0.25) is 0 Å². The van der Waals surface area contributed by atoms with E-state index in [-0.39, 0.29) is 11.7 Å². The van der Waals surface area contributed by atoms with E-state index in [4.69, 9.17) is 4.74 Å². The van der Waals surface area contributed by atoms with Crippen molar-refractivity contribution < 1.29 is 13.9 Å². The van der Waals surface area contributed by atoms with Crippen LogP contribution in [0, 0.1) is 17.7 Å². The molecular formula is C28H37FN2O2. The number of rotatable bonds is 7. The van der Waals surface area contributed by atoms with Gasteiger partial charge in [-0.3, -0.25) is 9.69 Å². The summed E-state index contributed by atoms with van der Waals surface area (Å²) in [7, 11) is 0. The monoisotopic (exact) mass is 452 g/mol. The number of piperidine rings is 1. The van der Waals surface area contributed by atoms with Crippen molar-refractivity contribution in [2.45, 2.75) is 57.8 Å². The van der Waals surface area contributed by atoms with Crippen molar-refractivity contribution in [2.24, 2.45) is 11.8 Å². The van der Waals surface area contributed by atoms with E-state index in [2.05, 4.69) is 24.1 Å². The highest BCUT2D eigenvalue weighted by Gasteiger charge is 2.42. The lowest BCUT2D eigenvalue weighted by molar-refractivity contribution is -0.122. The smallest absolute Gasteiger partial charge is 0.235 e. The highest BCUT2D eigenvalue weighted by atomic mass is 19.1. The highest BCUT2D eigenvalue weighted by Crippen LogP contribution is 2.41. The molecule has 33 heavy (non-hydrogen) atoms. The van der Waals surface area contributed by atoms with Crippen LogP contribution < -0.4 is 10.1 Å². The molecule has 4 nitrogen and oxygen atoms in total. The Bertz CT molecular complexity index is 914. The standard InChI is InChI=1S/C28H37FN2O2/c1-21-18-22(2)20-31(19-21)16-17-33-24-12-10-23(11-13-24)30-27(32)28(14-6-3-7-15-28)25-8-4-5-9-26(25)29/h4-5,8-13,21-22H,3,6-7,14-20H2,1-2H3,(H,30,32). The molecule has 1 saturated heterocycles. The minimum atomic E-state index is -0.804. The van der Waals surface area contributed by atoms with E-state index in [1.807, 2.05) is 30.3 Å². The minimum Gasteiger partial charge on any atom is -0.492 e. The van der Waals surface area contributed by atoms with Crippen LogP contribution in [-0.2, 0) is 10.2 Å². The third-order valence-electron chi connectivity index (χ3n) is 7.26. The second-order valence-electron chi connectivity index (χ2n) is 10.2. The fourth-order valence-electron chi connectivity index (χ4n) is 5.78. The van der Waals surface area contributed by atoms with Crippen molar-refractivity contribution >= 4 is 11.6 Å². The first-order valence-electron chi connectivity index (χ1n) is 12.5. The number of anilines is 1. The molecule has 2 aromatic carbocycles. The number of ether oxygens (including phenoxy) is 1. The number of amides is 1. The number of likely N-dealkylation sites (tertiary alicyclic amines) is 1. The number of benzene rings is 2. The molecule has 1 aliphatic carbocycles. The maximum atomic E-state index is 14.7. The van der Waals surface area contributed by atoms with Crippen LogP contribution in [0.15, 0.2) is 48.5 Å². The molecule has 0 spiro atoms. The molecule has 0 aromatic heterocycles. The Balaban J connectivity index is 1.36. The van der Waals surface area contributed by atoms with Gasteiger partial charge in [-0.2, -0.15) is 0 Å². The minimum absolute atomic E-state index is 0.116. The summed E-state index contributed by atoms with van der Waals surface area (Å²) in [5.74, 6) is 1.87. The summed E-state index contributed by atoms with van der Waals surface area (Å²) in [6, 6.07) is 14.3. The fourth-order valence-corrected chi connectivity index (χ4v) is 5.78. The Labute approximate surface area is 197 Å². The number of nitrogens with zero attached hydrogens (tertiary/aromatic N) is 1. The number of nitrogens with one attached hydrogen (secondary N) is 1. The van der Waals surface area contributed by atoms with Crippen LogP contribution in [0.4, 0.5) is 10.1 Å². The normalized spacial score (nSPS) is 23.1. The number of halogens is 1. The lowest BCUT2D eigenvalue weighted by Crippen LogP contribution is -2.42. The summed E-state index contributed by atoms with van der Waals surface area (Å²) in [4.78, 5) is 15.9. The van der Waals surface area contributed by atoms with E-state index in [0.717, 1.165) is 56.5 Å². The molecule has 178 valence electrons. The molecule has 1 N–H and O–H groups in total. The summed E-state index contributed by atoms with van der Waals surface area (Å²) >= 11 is 0. The predicted molar refractivity (Wildman–Crippen MR) is 131 cm³/mol. The molecule has 1 heterocycles. The summed E-state index contributed by atoms with van der Waals surface area (Å²) in [5, 5.41) is 3.05. The first-order chi connectivity index (χ1) is 16.0. The Morgan fingerprint density at radius 2 is 1.70 bits per heavy atom. The zero-order valence-corrected chi connectivity index (χ0v) is 20.0. The molecule has 0 bridgehead atoms. The first kappa shape index (κ1) is 23.7. The zero-order valence-electron chi connectivity index (χ0n) is 20.0. The number of carbonyl (C=O) groups is 1. The van der Waals surface area contributed by atoms with E-state index >= 15 is 0 Å². The van der Waals surface area contributed by atoms with E-state index in [1.54, 1.807) is 12.1 Å². The van der Waals surface area contributed by atoms with Gasteiger partial charge < -0.3 is 10.1 Å². The van der Waals surface area contributed by atoms with Crippen molar-refractivity contribution in [3.63, 3.8) is 0 Å². The Morgan fingerprint density at radius 1 is 1.03 bits per heavy atom. The van der Waals surface area contributed by atoms with Gasteiger partial charge in [-0.15, -0.1) is 0 Å². The second-order valence-corrected chi connectivity index (χ2v) is 10.2. The quantitative estimate of drug-likeness (QED) is 0.558. The molecule has 1 amide bonds. The van der Waals surface area contributed by atoms with Crippen molar-refractivity contribution in [2.75, 3.05) is 31.6 Å². The van der Waals surface area contributed by atoms with Gasteiger partial charge in [0.25, 0.3) is 0 Å². The molecule has 5 heteroatoms. The third-order valence-corrected chi connectivity index (χ3v) is 7.26. The number of hydrogen-bond donors (Lipinski definition) is 1. The largest absolute Gasteiger partial charge is 0.492 e. The average Bonchev–Trinajstić information content (AvgIpc) is 2.80. The Kier molecular flexibility index (Phi) is 7.69. The second kappa shape index (κ2) is 10.7. The maximum absolute atomic E-state index is 14.7. The highest BCUT2D eigenvalue weighted by molar-refractivity contribution is 5.99. The molecule has 2 unspecified atom stereocenters. The molecule has 2 fully saturated rings. The Morgan fingerprint density at radius 3 is 2.36 bits per heavy atom. The van der Waals surface area contributed by atoms with Crippen LogP contribution >= 0.6 is 0 Å². The summed E-state index contributed by atoms with van der Waals surface area (Å²) < 4.78 is 20.6. The molecule has 0 radical (unpaired) electrons. The third kappa shape index (κ3) is 5.75. The lowest BCUT2D eigenvalue weighted by Gasteiger charge is -2.36. The SMILES string of the molecule is CC1CC(C)CN(CCOc2ccc(NC(=O)C3(c4ccccc4F)CCCCC3)cc2)C1. The number of hydrogen-bond acceptors (Lipinski definition) is 3. The van der Waals surface area contributed by atoms with Gasteiger partial charge in [0.1, 0.15) is 18.2 Å². The first-order valence-corrected chi connectivity index (χ1v) is 12.5. The van der Waals surface area contributed by atoms with Gasteiger partial charge >= 0.3 is 0 Å². The van der Waals surface area contributed by atoms with Gasteiger partial charge in [-0.25, -0.2) is 4.39 Å². The van der Waals surface area contributed by atoms with Crippen molar-refractivity contribution in [3.05, 3.63) is 59.9 Å². The van der Waals surface area contributed by atoms with Crippen LogP contribution in [0.25, 0.3) is 0 Å². The molecular weight excluding hydrogens is 415 g/mol. The van der Waals surface area contributed by atoms with E-state index in [0.29, 0.717) is 30.7 Å². The van der Waals surface area contributed by atoms with E-state index in [9.17, 15) is 9.18 Å². The van der Waals surface area contributed by atoms with Crippen molar-refractivity contribution in [1.29, 1.82) is 0 Å². The lowest BCUT2D eigenvalue weighted by atomic mass is 9.68. The predicted octanol–water partition coefficient (Wildman–Crippen LogP) is 6.02. The van der Waals surface area contributed by atoms with Crippen LogP contribution in [0.5, 0.6) is 5.75 Å². The molecule has 2 aliphatic rings. The van der Waals surface area contributed by atoms with Crippen LogP contribution in [0.1, 0.15) is 57.9 Å². The summed E-state index contributed by atoms with van der Waals surface area (Å²) in [5.41, 5.74) is 0.428. The summed E-state index contributed by atoms with van der Waals surface area (Å²) in [6.07, 6.45) is 5.61.